The van der Waals surface area contributed by atoms with Crippen molar-refractivity contribution in [2.45, 2.75) is 71.5 Å². The fourth-order valence-electron chi connectivity index (χ4n) is 4.62. The van der Waals surface area contributed by atoms with Crippen LogP contribution in [-0.2, 0) is 26.2 Å². The molecule has 0 aromatic heterocycles. The number of nitrogens with one attached hydrogen (secondary N) is 1. The van der Waals surface area contributed by atoms with Crippen molar-refractivity contribution in [3.8, 4) is 0 Å². The predicted molar refractivity (Wildman–Crippen MR) is 145 cm³/mol. The van der Waals surface area contributed by atoms with Crippen LogP contribution in [0.2, 0.25) is 5.02 Å². The highest BCUT2D eigenvalue weighted by Gasteiger charge is 2.31. The Kier molecular flexibility index (Phi) is 9.41. The van der Waals surface area contributed by atoms with Gasteiger partial charge in [-0.05, 0) is 62.9 Å². The van der Waals surface area contributed by atoms with Crippen LogP contribution in [0.5, 0.6) is 0 Å². The summed E-state index contributed by atoms with van der Waals surface area (Å²) in [5.74, 6) is -0.691. The van der Waals surface area contributed by atoms with E-state index in [1.54, 1.807) is 37.3 Å². The number of hydrogen-bond donors (Lipinski definition) is 1. The molecule has 0 saturated heterocycles. The fraction of sp³-hybridized carbons (Fsp3) is 0.481. The highest BCUT2D eigenvalue weighted by Crippen LogP contribution is 2.25. The number of benzene rings is 2. The molecule has 0 radical (unpaired) electrons. The van der Waals surface area contributed by atoms with Crippen LogP contribution < -0.4 is 9.62 Å². The van der Waals surface area contributed by atoms with Gasteiger partial charge in [0.05, 0.1) is 11.9 Å². The Morgan fingerprint density at radius 1 is 1.06 bits per heavy atom. The van der Waals surface area contributed by atoms with Gasteiger partial charge < -0.3 is 10.2 Å². The zero-order valence-corrected chi connectivity index (χ0v) is 23.0. The lowest BCUT2D eigenvalue weighted by Crippen LogP contribution is -2.53. The maximum Gasteiger partial charge on any atom is 0.244 e. The molecule has 7 nitrogen and oxygen atoms in total. The number of carbonyl (C=O) groups is 2. The van der Waals surface area contributed by atoms with Crippen molar-refractivity contribution >= 4 is 39.1 Å². The maximum atomic E-state index is 13.7. The second-order valence-corrected chi connectivity index (χ2v) is 12.1. The van der Waals surface area contributed by atoms with Gasteiger partial charge in [-0.15, -0.1) is 0 Å². The summed E-state index contributed by atoms with van der Waals surface area (Å²) >= 11 is 6.03. The number of anilines is 1. The average molecular weight is 534 g/mol. The van der Waals surface area contributed by atoms with Crippen molar-refractivity contribution in [2.24, 2.45) is 0 Å². The molecule has 1 unspecified atom stereocenters. The summed E-state index contributed by atoms with van der Waals surface area (Å²) in [6.07, 6.45) is 6.26. The van der Waals surface area contributed by atoms with Crippen LogP contribution in [0.25, 0.3) is 0 Å². The minimum absolute atomic E-state index is 0.101. The van der Waals surface area contributed by atoms with Crippen LogP contribution in [0.1, 0.15) is 55.7 Å². The normalized spacial score (nSPS) is 15.2. The van der Waals surface area contributed by atoms with Crippen molar-refractivity contribution in [3.05, 3.63) is 64.2 Å². The third-order valence-corrected chi connectivity index (χ3v) is 8.06. The van der Waals surface area contributed by atoms with Gasteiger partial charge in [-0.3, -0.25) is 13.9 Å². The van der Waals surface area contributed by atoms with E-state index in [0.717, 1.165) is 52.9 Å². The number of amides is 2. The van der Waals surface area contributed by atoms with Crippen LogP contribution >= 0.6 is 11.6 Å². The first-order chi connectivity index (χ1) is 17.0. The summed E-state index contributed by atoms with van der Waals surface area (Å²) in [5.41, 5.74) is 2.98. The van der Waals surface area contributed by atoms with Gasteiger partial charge in [0.1, 0.15) is 12.6 Å². The lowest BCUT2D eigenvalue weighted by molar-refractivity contribution is -0.139. The molecule has 0 heterocycles. The topological polar surface area (TPSA) is 86.8 Å². The molecule has 1 aliphatic carbocycles. The van der Waals surface area contributed by atoms with Crippen LogP contribution in [-0.4, -0.2) is 50.0 Å². The number of halogens is 1. The average Bonchev–Trinajstić information content (AvgIpc) is 2.82. The first kappa shape index (κ1) is 28.0. The molecule has 0 spiro atoms. The van der Waals surface area contributed by atoms with Gasteiger partial charge in [0.15, 0.2) is 0 Å². The van der Waals surface area contributed by atoms with Gasteiger partial charge in [0.2, 0.25) is 21.8 Å². The molecule has 1 saturated carbocycles. The quantitative estimate of drug-likeness (QED) is 0.511. The smallest absolute Gasteiger partial charge is 0.244 e. The summed E-state index contributed by atoms with van der Waals surface area (Å²) < 4.78 is 26.6. The van der Waals surface area contributed by atoms with Gasteiger partial charge in [-0.2, -0.15) is 0 Å². The van der Waals surface area contributed by atoms with Gasteiger partial charge in [-0.1, -0.05) is 60.7 Å². The lowest BCUT2D eigenvalue weighted by Gasteiger charge is -2.33. The van der Waals surface area contributed by atoms with Gasteiger partial charge in [0.25, 0.3) is 0 Å². The zero-order valence-electron chi connectivity index (χ0n) is 21.5. The Hall–Kier alpha value is -2.58. The van der Waals surface area contributed by atoms with E-state index in [1.165, 1.54) is 11.3 Å². The Morgan fingerprint density at radius 3 is 2.28 bits per heavy atom. The van der Waals surface area contributed by atoms with Crippen molar-refractivity contribution in [3.63, 3.8) is 0 Å². The molecule has 1 atom stereocenters. The van der Waals surface area contributed by atoms with E-state index < -0.39 is 28.5 Å². The molecule has 2 aromatic rings. The summed E-state index contributed by atoms with van der Waals surface area (Å²) in [4.78, 5) is 28.3. The van der Waals surface area contributed by atoms with Crippen LogP contribution in [0.15, 0.2) is 42.5 Å². The standard InChI is InChI=1S/C27H36ClN3O4S/c1-19-10-15-25(20(2)16-19)31(36(4,34)35)18-26(32)30(17-22-11-13-23(28)14-12-22)21(3)27(33)29-24-8-6-5-7-9-24/h10-16,21,24H,5-9,17-18H2,1-4H3,(H,29,33). The van der Waals surface area contributed by atoms with E-state index in [1.807, 2.05) is 26.0 Å². The Labute approximate surface area is 219 Å². The summed E-state index contributed by atoms with van der Waals surface area (Å²) in [6.45, 7) is 5.18. The van der Waals surface area contributed by atoms with E-state index in [4.69, 9.17) is 11.6 Å². The molecule has 3 rings (SSSR count). The predicted octanol–water partition coefficient (Wildman–Crippen LogP) is 4.59. The van der Waals surface area contributed by atoms with Crippen LogP contribution in [0, 0.1) is 13.8 Å². The Bertz CT molecular complexity index is 1180. The molecule has 0 aliphatic heterocycles. The number of carbonyl (C=O) groups excluding carboxylic acids is 2. The van der Waals surface area contributed by atoms with Gasteiger partial charge in [0, 0.05) is 17.6 Å². The van der Waals surface area contributed by atoms with E-state index in [0.29, 0.717) is 10.7 Å². The number of hydrogen-bond acceptors (Lipinski definition) is 4. The van der Waals surface area contributed by atoms with Crippen molar-refractivity contribution in [1.82, 2.24) is 10.2 Å². The maximum absolute atomic E-state index is 13.7. The SMILES string of the molecule is Cc1ccc(N(CC(=O)N(Cc2ccc(Cl)cc2)C(C)C(=O)NC2CCCCC2)S(C)(=O)=O)c(C)c1. The van der Waals surface area contributed by atoms with E-state index in [9.17, 15) is 18.0 Å². The molecule has 9 heteroatoms. The first-order valence-electron chi connectivity index (χ1n) is 12.3. The molecule has 0 bridgehead atoms. The monoisotopic (exact) mass is 533 g/mol. The van der Waals surface area contributed by atoms with E-state index in [2.05, 4.69) is 5.32 Å². The lowest BCUT2D eigenvalue weighted by atomic mass is 9.95. The minimum atomic E-state index is -3.76. The third kappa shape index (κ3) is 7.46. The molecule has 1 fully saturated rings. The molecule has 1 aliphatic rings. The van der Waals surface area contributed by atoms with Crippen molar-refractivity contribution in [1.29, 1.82) is 0 Å². The van der Waals surface area contributed by atoms with E-state index in [-0.39, 0.29) is 18.5 Å². The van der Waals surface area contributed by atoms with Gasteiger partial charge >= 0.3 is 0 Å². The summed E-state index contributed by atoms with van der Waals surface area (Å²) in [7, 11) is -3.76. The largest absolute Gasteiger partial charge is 0.352 e. The second kappa shape index (κ2) is 12.1. The molecule has 196 valence electrons. The highest BCUT2D eigenvalue weighted by atomic mass is 35.5. The molecule has 36 heavy (non-hydrogen) atoms. The number of nitrogens with zero attached hydrogens (tertiary/aromatic N) is 2. The van der Waals surface area contributed by atoms with E-state index >= 15 is 0 Å². The van der Waals surface area contributed by atoms with Gasteiger partial charge in [-0.25, -0.2) is 8.42 Å². The summed E-state index contributed by atoms with van der Waals surface area (Å²) in [6, 6.07) is 11.8. The van der Waals surface area contributed by atoms with Crippen molar-refractivity contribution in [2.75, 3.05) is 17.1 Å². The van der Waals surface area contributed by atoms with Crippen molar-refractivity contribution < 1.29 is 18.0 Å². The third-order valence-electron chi connectivity index (χ3n) is 6.69. The fourth-order valence-corrected chi connectivity index (χ4v) is 5.65. The Balaban J connectivity index is 1.88. The minimum Gasteiger partial charge on any atom is -0.352 e. The number of sulfonamides is 1. The molecule has 1 N–H and O–H groups in total. The zero-order chi connectivity index (χ0) is 26.5. The highest BCUT2D eigenvalue weighted by molar-refractivity contribution is 7.92. The number of rotatable bonds is 9. The van der Waals surface area contributed by atoms with Crippen LogP contribution in [0.4, 0.5) is 5.69 Å². The van der Waals surface area contributed by atoms with Crippen LogP contribution in [0.3, 0.4) is 0 Å². The summed E-state index contributed by atoms with van der Waals surface area (Å²) in [5, 5.41) is 3.66. The molecular formula is C27H36ClN3O4S. The molecule has 2 aromatic carbocycles. The number of aryl methyl sites for hydroxylation is 2. The Morgan fingerprint density at radius 2 is 1.69 bits per heavy atom. The molecular weight excluding hydrogens is 498 g/mol. The molecule has 2 amide bonds. The first-order valence-corrected chi connectivity index (χ1v) is 14.6. The second-order valence-electron chi connectivity index (χ2n) is 9.73.